The van der Waals surface area contributed by atoms with Gasteiger partial charge in [-0.25, -0.2) is 4.68 Å². The van der Waals surface area contributed by atoms with E-state index in [1.165, 1.54) is 0 Å². The Kier molecular flexibility index (Phi) is 5.47. The van der Waals surface area contributed by atoms with Crippen molar-refractivity contribution in [3.8, 4) is 56.6 Å². The minimum atomic E-state index is 0.188. The van der Waals surface area contributed by atoms with E-state index in [9.17, 15) is 10.2 Å². The summed E-state index contributed by atoms with van der Waals surface area (Å²) < 4.78 is 6.67. The summed E-state index contributed by atoms with van der Waals surface area (Å²) in [5, 5.41) is 24.7. The van der Waals surface area contributed by atoms with Crippen LogP contribution in [0.15, 0.2) is 103 Å². The van der Waals surface area contributed by atoms with Crippen molar-refractivity contribution < 1.29 is 14.5 Å². The average molecular weight is 455 g/mol. The fraction of sp³-hybridized carbons (Fsp3) is 0. The topological polar surface area (TPSA) is 67.5 Å². The van der Waals surface area contributed by atoms with Crippen LogP contribution in [-0.2, 0) is 0 Å². The molecule has 2 N–H and O–H groups in total. The lowest BCUT2D eigenvalue weighted by Crippen LogP contribution is -1.99. The molecule has 0 aliphatic heterocycles. The first-order valence-electron chi connectivity index (χ1n) is 10.3. The normalized spacial score (nSPS) is 10.8. The lowest BCUT2D eigenvalue weighted by atomic mass is 9.95. The minimum absolute atomic E-state index is 0.188. The first-order chi connectivity index (χ1) is 16.1. The van der Waals surface area contributed by atoms with E-state index in [1.807, 2.05) is 71.4 Å². The summed E-state index contributed by atoms with van der Waals surface area (Å²) in [7, 11) is 0. The molecule has 0 amide bonds. The lowest BCUT2D eigenvalue weighted by Gasteiger charge is -2.11. The van der Waals surface area contributed by atoms with Crippen molar-refractivity contribution in [3.05, 3.63) is 103 Å². The number of nitrogens with zero attached hydrogens (tertiary/aromatic N) is 2. The van der Waals surface area contributed by atoms with Crippen LogP contribution in [0.2, 0.25) is 0 Å². The summed E-state index contributed by atoms with van der Waals surface area (Å²) in [4.78, 5) is 0. The van der Waals surface area contributed by atoms with Crippen LogP contribution < -0.4 is 4.29 Å². The highest BCUT2D eigenvalue weighted by molar-refractivity contribution is 6.09. The molecule has 6 heteroatoms. The van der Waals surface area contributed by atoms with Crippen molar-refractivity contribution in [2.45, 2.75) is 0 Å². The smallest absolute Gasteiger partial charge is 0.146 e. The van der Waals surface area contributed by atoms with Gasteiger partial charge in [-0.2, -0.15) is 5.10 Å². The van der Waals surface area contributed by atoms with E-state index < -0.39 is 0 Å². The second-order valence-corrected chi connectivity index (χ2v) is 7.67. The van der Waals surface area contributed by atoms with Gasteiger partial charge in [-0.15, -0.1) is 0 Å². The zero-order valence-corrected chi connectivity index (χ0v) is 18.1. The van der Waals surface area contributed by atoms with E-state index in [-0.39, 0.29) is 11.5 Å². The Hall–Kier alpha value is -4.22. The van der Waals surface area contributed by atoms with Gasteiger partial charge in [-0.05, 0) is 78.4 Å². The van der Waals surface area contributed by atoms with Crippen LogP contribution in [0.5, 0.6) is 17.2 Å². The number of phenols is 2. The summed E-state index contributed by atoms with van der Waals surface area (Å²) in [6.07, 6.45) is 0. The maximum Gasteiger partial charge on any atom is 0.146 e. The van der Waals surface area contributed by atoms with Gasteiger partial charge in [0.1, 0.15) is 34.8 Å². The third kappa shape index (κ3) is 4.02. The largest absolute Gasteiger partial charge is 0.508 e. The average Bonchev–Trinajstić information content (AvgIpc) is 3.26. The van der Waals surface area contributed by atoms with Crippen molar-refractivity contribution in [1.29, 1.82) is 0 Å². The van der Waals surface area contributed by atoms with E-state index in [0.29, 0.717) is 5.75 Å². The van der Waals surface area contributed by atoms with Gasteiger partial charge in [0.25, 0.3) is 0 Å². The second kappa shape index (κ2) is 8.73. The number of rotatable bonds is 5. The van der Waals surface area contributed by atoms with Gasteiger partial charge in [0, 0.05) is 16.7 Å². The fourth-order valence-electron chi connectivity index (χ4n) is 3.83. The van der Waals surface area contributed by atoms with Crippen LogP contribution >= 0.6 is 11.9 Å². The SMILES string of the molecule is Oc1ccc(-c2nn(-c3ccc(OCl)cc3)c(-c3ccc(O)cc3)c2-c2ccccc2)cc1. The highest BCUT2D eigenvalue weighted by Crippen LogP contribution is 2.42. The molecule has 1 aromatic heterocycles. The molecule has 0 aliphatic carbocycles. The molecule has 0 aliphatic rings. The Morgan fingerprint density at radius 2 is 1.21 bits per heavy atom. The van der Waals surface area contributed by atoms with Gasteiger partial charge in [0.15, 0.2) is 0 Å². The first-order valence-corrected chi connectivity index (χ1v) is 10.6. The molecule has 0 radical (unpaired) electrons. The molecule has 4 aromatic carbocycles. The molecule has 33 heavy (non-hydrogen) atoms. The third-order valence-electron chi connectivity index (χ3n) is 5.40. The number of halogens is 1. The van der Waals surface area contributed by atoms with Crippen molar-refractivity contribution in [2.75, 3.05) is 0 Å². The number of hydrogen-bond donors (Lipinski definition) is 2. The van der Waals surface area contributed by atoms with Crippen LogP contribution in [0.3, 0.4) is 0 Å². The molecule has 0 fully saturated rings. The summed E-state index contributed by atoms with van der Waals surface area (Å²) in [5.74, 6) is 0.907. The molecule has 0 saturated carbocycles. The van der Waals surface area contributed by atoms with Crippen molar-refractivity contribution in [3.63, 3.8) is 0 Å². The van der Waals surface area contributed by atoms with Crippen LogP contribution in [-0.4, -0.2) is 20.0 Å². The summed E-state index contributed by atoms with van der Waals surface area (Å²) in [5.41, 5.74) is 6.14. The monoisotopic (exact) mass is 454 g/mol. The minimum Gasteiger partial charge on any atom is -0.508 e. The highest BCUT2D eigenvalue weighted by atomic mass is 35.5. The van der Waals surface area contributed by atoms with Crippen molar-refractivity contribution >= 4 is 11.9 Å². The summed E-state index contributed by atoms with van der Waals surface area (Å²) in [6, 6.07) is 31.4. The van der Waals surface area contributed by atoms with Gasteiger partial charge in [-0.3, -0.25) is 0 Å². The summed E-state index contributed by atoms with van der Waals surface area (Å²) >= 11 is 5.50. The first kappa shape index (κ1) is 20.7. The maximum absolute atomic E-state index is 9.87. The second-order valence-electron chi connectivity index (χ2n) is 7.51. The molecule has 5 aromatic rings. The quantitative estimate of drug-likeness (QED) is 0.306. The zero-order valence-electron chi connectivity index (χ0n) is 17.4. The fourth-order valence-corrected chi connectivity index (χ4v) is 3.93. The molecule has 5 nitrogen and oxygen atoms in total. The molecule has 0 spiro atoms. The van der Waals surface area contributed by atoms with Crippen molar-refractivity contribution in [2.24, 2.45) is 0 Å². The third-order valence-corrected chi connectivity index (χ3v) is 5.58. The number of aromatic nitrogens is 2. The van der Waals surface area contributed by atoms with E-state index >= 15 is 0 Å². The standard InChI is InChI=1S/C27H19ClN2O3/c28-33-24-16-10-21(11-17-24)30-27(20-8-14-23(32)15-9-20)25(18-4-2-1-3-5-18)26(29-30)19-6-12-22(31)13-7-19/h1-17,31-32H. The molecule has 0 saturated heterocycles. The van der Waals surface area contributed by atoms with Gasteiger partial charge in [0.05, 0.1) is 11.4 Å². The molecule has 1 heterocycles. The Morgan fingerprint density at radius 3 is 1.79 bits per heavy atom. The Morgan fingerprint density at radius 1 is 0.636 bits per heavy atom. The maximum atomic E-state index is 9.87. The van der Waals surface area contributed by atoms with Gasteiger partial charge in [-0.1, -0.05) is 30.3 Å². The lowest BCUT2D eigenvalue weighted by molar-refractivity contribution is 0.475. The number of aromatic hydroxyl groups is 2. The molecular formula is C27H19ClN2O3. The van der Waals surface area contributed by atoms with Crippen LogP contribution in [0, 0.1) is 0 Å². The number of hydrogen-bond acceptors (Lipinski definition) is 4. The molecule has 0 bridgehead atoms. The van der Waals surface area contributed by atoms with Gasteiger partial charge < -0.3 is 14.5 Å². The van der Waals surface area contributed by atoms with E-state index in [4.69, 9.17) is 21.3 Å². The van der Waals surface area contributed by atoms with Gasteiger partial charge in [0.2, 0.25) is 0 Å². The van der Waals surface area contributed by atoms with Gasteiger partial charge >= 0.3 is 0 Å². The predicted octanol–water partition coefficient (Wildman–Crippen LogP) is 6.82. The van der Waals surface area contributed by atoms with E-state index in [0.717, 1.165) is 39.3 Å². The number of benzene rings is 4. The molecular weight excluding hydrogens is 436 g/mol. The van der Waals surface area contributed by atoms with Crippen LogP contribution in [0.1, 0.15) is 0 Å². The number of phenolic OH excluding ortho intramolecular Hbond substituents is 2. The molecule has 162 valence electrons. The van der Waals surface area contributed by atoms with Crippen LogP contribution in [0.25, 0.3) is 39.3 Å². The Labute approximate surface area is 195 Å². The molecule has 5 rings (SSSR count). The predicted molar refractivity (Wildman–Crippen MR) is 130 cm³/mol. The van der Waals surface area contributed by atoms with E-state index in [1.54, 1.807) is 36.4 Å². The van der Waals surface area contributed by atoms with E-state index in [2.05, 4.69) is 0 Å². The summed E-state index contributed by atoms with van der Waals surface area (Å²) in [6.45, 7) is 0. The Bertz CT molecular complexity index is 1380. The highest BCUT2D eigenvalue weighted by Gasteiger charge is 2.23. The van der Waals surface area contributed by atoms with Crippen LogP contribution in [0.4, 0.5) is 0 Å². The molecule has 0 atom stereocenters. The van der Waals surface area contributed by atoms with Crippen molar-refractivity contribution in [1.82, 2.24) is 9.78 Å². The zero-order chi connectivity index (χ0) is 22.8. The molecule has 0 unspecified atom stereocenters. The Balaban J connectivity index is 1.84.